The van der Waals surface area contributed by atoms with Crippen molar-refractivity contribution >= 4 is 44.8 Å². The third kappa shape index (κ3) is 3.87. The Hall–Kier alpha value is -0.770. The summed E-state index contributed by atoms with van der Waals surface area (Å²) in [5, 5.41) is 4.66. The van der Waals surface area contributed by atoms with Gasteiger partial charge in [0.25, 0.3) is 0 Å². The number of pyridine rings is 1. The van der Waals surface area contributed by atoms with E-state index in [9.17, 15) is 0 Å². The van der Waals surface area contributed by atoms with E-state index in [1.807, 2.05) is 18.2 Å². The van der Waals surface area contributed by atoms with Crippen LogP contribution in [0.25, 0.3) is 0 Å². The van der Waals surface area contributed by atoms with Gasteiger partial charge in [0.1, 0.15) is 0 Å². The molecule has 0 unspecified atom stereocenters. The molecule has 1 aromatic heterocycles. The molecule has 1 aromatic carbocycles. The first-order chi connectivity index (χ1) is 8.65. The third-order valence-electron chi connectivity index (χ3n) is 2.44. The van der Waals surface area contributed by atoms with E-state index in [1.54, 1.807) is 18.5 Å². The van der Waals surface area contributed by atoms with E-state index in [-0.39, 0.29) is 0 Å². The molecule has 2 nitrogen and oxygen atoms in total. The van der Waals surface area contributed by atoms with Gasteiger partial charge in [-0.1, -0.05) is 29.3 Å². The van der Waals surface area contributed by atoms with Gasteiger partial charge in [-0.15, -0.1) is 0 Å². The van der Waals surface area contributed by atoms with Crippen LogP contribution in [0.15, 0.2) is 41.1 Å². The smallest absolute Gasteiger partial charge is 0.0538 e. The highest BCUT2D eigenvalue weighted by molar-refractivity contribution is 9.10. The molecule has 0 aliphatic rings. The monoisotopic (exact) mass is 344 g/mol. The average Bonchev–Trinajstić information content (AvgIpc) is 2.32. The summed E-state index contributed by atoms with van der Waals surface area (Å²) in [5.41, 5.74) is 2.06. The predicted octanol–water partition coefficient (Wildman–Crippen LogP) is 4.81. The Kier molecular flexibility index (Phi) is 4.87. The molecule has 0 saturated heterocycles. The summed E-state index contributed by atoms with van der Waals surface area (Å²) in [7, 11) is 0. The molecule has 0 saturated carbocycles. The van der Waals surface area contributed by atoms with Gasteiger partial charge in [0.05, 0.1) is 11.9 Å². The minimum absolute atomic E-state index is 0.660. The van der Waals surface area contributed by atoms with Crippen LogP contribution >= 0.6 is 39.1 Å². The summed E-state index contributed by atoms with van der Waals surface area (Å²) < 4.78 is 0.956. The molecule has 1 heterocycles. The van der Waals surface area contributed by atoms with Gasteiger partial charge >= 0.3 is 0 Å². The summed E-state index contributed by atoms with van der Waals surface area (Å²) >= 11 is 15.3. The first kappa shape index (κ1) is 13.7. The highest BCUT2D eigenvalue weighted by Crippen LogP contribution is 2.21. The summed E-state index contributed by atoms with van der Waals surface area (Å²) in [5.74, 6) is 0. The molecular weight excluding hydrogens is 335 g/mol. The second-order valence-electron chi connectivity index (χ2n) is 3.80. The van der Waals surface area contributed by atoms with E-state index in [0.29, 0.717) is 10.0 Å². The quantitative estimate of drug-likeness (QED) is 0.860. The van der Waals surface area contributed by atoms with Gasteiger partial charge in [-0.25, -0.2) is 0 Å². The lowest BCUT2D eigenvalue weighted by molar-refractivity contribution is 1.02. The van der Waals surface area contributed by atoms with E-state index in [2.05, 4.69) is 26.2 Å². The van der Waals surface area contributed by atoms with Gasteiger partial charge in [-0.2, -0.15) is 0 Å². The Morgan fingerprint density at radius 1 is 1.17 bits per heavy atom. The normalized spacial score (nSPS) is 10.4. The lowest BCUT2D eigenvalue weighted by atomic mass is 10.1. The summed E-state index contributed by atoms with van der Waals surface area (Å²) in [6.07, 6.45) is 4.37. The van der Waals surface area contributed by atoms with Crippen LogP contribution in [0.5, 0.6) is 0 Å². The number of hydrogen-bond donors (Lipinski definition) is 1. The highest BCUT2D eigenvalue weighted by atomic mass is 79.9. The molecule has 18 heavy (non-hydrogen) atoms. The van der Waals surface area contributed by atoms with Crippen molar-refractivity contribution in [3.63, 3.8) is 0 Å². The second-order valence-corrected chi connectivity index (χ2v) is 5.56. The fourth-order valence-corrected chi connectivity index (χ4v) is 2.44. The van der Waals surface area contributed by atoms with Gasteiger partial charge in [0.2, 0.25) is 0 Å². The highest BCUT2D eigenvalue weighted by Gasteiger charge is 2.01. The topological polar surface area (TPSA) is 24.9 Å². The van der Waals surface area contributed by atoms with Crippen LogP contribution in [0.2, 0.25) is 10.0 Å². The van der Waals surface area contributed by atoms with Crippen molar-refractivity contribution in [1.82, 2.24) is 4.98 Å². The largest absolute Gasteiger partial charge is 0.383 e. The Balaban J connectivity index is 1.92. The van der Waals surface area contributed by atoms with Crippen LogP contribution in [-0.2, 0) is 6.42 Å². The molecule has 2 aromatic rings. The summed E-state index contributed by atoms with van der Waals surface area (Å²) in [4.78, 5) is 4.09. The van der Waals surface area contributed by atoms with Crippen molar-refractivity contribution in [3.8, 4) is 0 Å². The van der Waals surface area contributed by atoms with Gasteiger partial charge in [0, 0.05) is 27.3 Å². The third-order valence-corrected chi connectivity index (χ3v) is 3.46. The van der Waals surface area contributed by atoms with Crippen LogP contribution in [0.4, 0.5) is 5.69 Å². The Morgan fingerprint density at radius 2 is 2.00 bits per heavy atom. The lowest BCUT2D eigenvalue weighted by Crippen LogP contribution is -2.05. The maximum absolute atomic E-state index is 6.10. The molecule has 0 radical (unpaired) electrons. The van der Waals surface area contributed by atoms with Crippen LogP contribution in [0.3, 0.4) is 0 Å². The number of benzene rings is 1. The van der Waals surface area contributed by atoms with E-state index >= 15 is 0 Å². The van der Waals surface area contributed by atoms with Crippen molar-refractivity contribution in [2.45, 2.75) is 6.42 Å². The zero-order chi connectivity index (χ0) is 13.0. The van der Waals surface area contributed by atoms with Crippen molar-refractivity contribution in [3.05, 3.63) is 56.7 Å². The van der Waals surface area contributed by atoms with E-state index < -0.39 is 0 Å². The van der Waals surface area contributed by atoms with Crippen LogP contribution in [0.1, 0.15) is 5.56 Å². The van der Waals surface area contributed by atoms with E-state index in [0.717, 1.165) is 28.7 Å². The number of halogens is 3. The Bertz CT molecular complexity index is 546. The number of nitrogens with one attached hydrogen (secondary N) is 1. The van der Waals surface area contributed by atoms with Crippen LogP contribution < -0.4 is 5.32 Å². The number of nitrogens with zero attached hydrogens (tertiary/aromatic N) is 1. The standard InChI is InChI=1S/C13H11BrCl2N2/c14-10-5-12(8-17-7-10)18-4-3-9-1-2-11(15)6-13(9)16/h1-2,5-8,18H,3-4H2. The molecule has 0 spiro atoms. The van der Waals surface area contributed by atoms with Crippen molar-refractivity contribution in [2.75, 3.05) is 11.9 Å². The molecular formula is C13H11BrCl2N2. The van der Waals surface area contributed by atoms with Gasteiger partial charge in [0.15, 0.2) is 0 Å². The number of rotatable bonds is 4. The zero-order valence-electron chi connectivity index (χ0n) is 9.46. The molecule has 0 fully saturated rings. The van der Waals surface area contributed by atoms with Crippen LogP contribution in [0, 0.1) is 0 Å². The van der Waals surface area contributed by atoms with E-state index in [4.69, 9.17) is 23.2 Å². The fourth-order valence-electron chi connectivity index (χ4n) is 1.57. The number of anilines is 1. The average molecular weight is 346 g/mol. The SMILES string of the molecule is Clc1ccc(CCNc2cncc(Br)c2)c(Cl)c1. The molecule has 5 heteroatoms. The maximum atomic E-state index is 6.10. The van der Waals surface area contributed by atoms with Gasteiger partial charge in [-0.3, -0.25) is 4.98 Å². The van der Waals surface area contributed by atoms with Crippen molar-refractivity contribution in [1.29, 1.82) is 0 Å². The molecule has 0 aliphatic heterocycles. The molecule has 0 aliphatic carbocycles. The Labute approximate surface area is 124 Å². The fraction of sp³-hybridized carbons (Fsp3) is 0.154. The van der Waals surface area contributed by atoms with Crippen LogP contribution in [-0.4, -0.2) is 11.5 Å². The molecule has 0 bridgehead atoms. The van der Waals surface area contributed by atoms with Gasteiger partial charge in [-0.05, 0) is 46.1 Å². The number of hydrogen-bond acceptors (Lipinski definition) is 2. The van der Waals surface area contributed by atoms with Gasteiger partial charge < -0.3 is 5.32 Å². The molecule has 2 rings (SSSR count). The lowest BCUT2D eigenvalue weighted by Gasteiger charge is -2.08. The van der Waals surface area contributed by atoms with Crippen molar-refractivity contribution in [2.24, 2.45) is 0 Å². The summed E-state index contributed by atoms with van der Waals surface area (Å²) in [6, 6.07) is 7.55. The minimum Gasteiger partial charge on any atom is -0.383 e. The Morgan fingerprint density at radius 3 is 2.72 bits per heavy atom. The zero-order valence-corrected chi connectivity index (χ0v) is 12.6. The molecule has 94 valence electrons. The first-order valence-electron chi connectivity index (χ1n) is 5.43. The minimum atomic E-state index is 0.660. The predicted molar refractivity (Wildman–Crippen MR) is 80.6 cm³/mol. The molecule has 1 N–H and O–H groups in total. The summed E-state index contributed by atoms with van der Waals surface area (Å²) in [6.45, 7) is 0.791. The maximum Gasteiger partial charge on any atom is 0.0538 e. The first-order valence-corrected chi connectivity index (χ1v) is 6.98. The second kappa shape index (κ2) is 6.41. The molecule has 0 amide bonds. The van der Waals surface area contributed by atoms with Crippen molar-refractivity contribution < 1.29 is 0 Å². The van der Waals surface area contributed by atoms with E-state index in [1.165, 1.54) is 0 Å². The molecule has 0 atom stereocenters. The number of aromatic nitrogens is 1.